The van der Waals surface area contributed by atoms with E-state index >= 15 is 0 Å². The number of rotatable bonds is 3. The van der Waals surface area contributed by atoms with Crippen LogP contribution in [0.25, 0.3) is 0 Å². The number of nitrogens with zero attached hydrogens (tertiary/aromatic N) is 1. The molecule has 0 aliphatic carbocycles. The lowest BCUT2D eigenvalue weighted by molar-refractivity contribution is -0.120. The second kappa shape index (κ2) is 5.73. The molecule has 1 amide bonds. The highest BCUT2D eigenvalue weighted by molar-refractivity contribution is 5.76. The van der Waals surface area contributed by atoms with Crippen molar-refractivity contribution < 1.29 is 9.53 Å². The molecule has 1 aromatic carbocycles. The first kappa shape index (κ1) is 12.7. The zero-order valence-electron chi connectivity index (χ0n) is 10.6. The van der Waals surface area contributed by atoms with Crippen molar-refractivity contribution in [2.45, 2.75) is 13.0 Å². The molecule has 0 aromatic heterocycles. The van der Waals surface area contributed by atoms with Gasteiger partial charge in [-0.1, -0.05) is 0 Å². The van der Waals surface area contributed by atoms with Crippen LogP contribution in [0.4, 0.5) is 5.69 Å². The molecule has 0 radical (unpaired) electrons. The average Bonchev–Trinajstić information content (AvgIpc) is 2.54. The van der Waals surface area contributed by atoms with Gasteiger partial charge in [-0.25, -0.2) is 0 Å². The van der Waals surface area contributed by atoms with Gasteiger partial charge in [0.2, 0.25) is 5.91 Å². The summed E-state index contributed by atoms with van der Waals surface area (Å²) < 4.78 is 5.20. The molecule has 0 atom stereocenters. The van der Waals surface area contributed by atoms with E-state index in [9.17, 15) is 4.79 Å². The van der Waals surface area contributed by atoms with E-state index in [1.54, 1.807) is 13.2 Å². The lowest BCUT2D eigenvalue weighted by atomic mass is 10.1. The number of hydrogen-bond donors (Lipinski definition) is 2. The van der Waals surface area contributed by atoms with Gasteiger partial charge in [-0.3, -0.25) is 9.69 Å². The van der Waals surface area contributed by atoms with Crippen LogP contribution in [0, 0.1) is 0 Å². The van der Waals surface area contributed by atoms with Crippen LogP contribution in [0.2, 0.25) is 0 Å². The Morgan fingerprint density at radius 3 is 3.00 bits per heavy atom. The Balaban J connectivity index is 2.04. The van der Waals surface area contributed by atoms with Gasteiger partial charge in [0.05, 0.1) is 7.11 Å². The molecule has 98 valence electrons. The Hall–Kier alpha value is -1.75. The molecule has 2 rings (SSSR count). The number of ether oxygens (including phenoxy) is 1. The summed E-state index contributed by atoms with van der Waals surface area (Å²) in [7, 11) is 1.63. The first-order valence-corrected chi connectivity index (χ1v) is 6.10. The molecule has 0 bridgehead atoms. The van der Waals surface area contributed by atoms with Crippen LogP contribution in [-0.4, -0.2) is 37.6 Å². The average molecular weight is 249 g/mol. The first-order chi connectivity index (χ1) is 8.67. The van der Waals surface area contributed by atoms with Crippen LogP contribution in [-0.2, 0) is 11.3 Å². The van der Waals surface area contributed by atoms with Crippen molar-refractivity contribution in [3.63, 3.8) is 0 Å². The van der Waals surface area contributed by atoms with Gasteiger partial charge in [-0.2, -0.15) is 0 Å². The largest absolute Gasteiger partial charge is 0.497 e. The predicted octanol–water partition coefficient (Wildman–Crippen LogP) is 0.599. The van der Waals surface area contributed by atoms with E-state index in [1.165, 1.54) is 0 Å². The molecule has 18 heavy (non-hydrogen) atoms. The Morgan fingerprint density at radius 2 is 2.22 bits per heavy atom. The maximum absolute atomic E-state index is 11.3. The second-order valence-corrected chi connectivity index (χ2v) is 4.49. The van der Waals surface area contributed by atoms with Crippen molar-refractivity contribution in [1.29, 1.82) is 0 Å². The number of hydrogen-bond acceptors (Lipinski definition) is 4. The van der Waals surface area contributed by atoms with Crippen molar-refractivity contribution in [2.24, 2.45) is 0 Å². The van der Waals surface area contributed by atoms with Crippen molar-refractivity contribution in [3.8, 4) is 5.75 Å². The lowest BCUT2D eigenvalue weighted by Crippen LogP contribution is -2.28. The highest BCUT2D eigenvalue weighted by Gasteiger charge is 2.13. The summed E-state index contributed by atoms with van der Waals surface area (Å²) in [5, 5.41) is 2.86. The Bertz CT molecular complexity index is 434. The number of carbonyl (C=O) groups excluding carboxylic acids is 1. The van der Waals surface area contributed by atoms with Gasteiger partial charge < -0.3 is 15.8 Å². The molecule has 0 saturated carbocycles. The van der Waals surface area contributed by atoms with Crippen LogP contribution in [0.1, 0.15) is 12.0 Å². The molecule has 1 aliphatic rings. The van der Waals surface area contributed by atoms with Crippen molar-refractivity contribution in [2.75, 3.05) is 32.5 Å². The third-order valence-electron chi connectivity index (χ3n) is 3.04. The van der Waals surface area contributed by atoms with Gasteiger partial charge in [0.25, 0.3) is 0 Å². The summed E-state index contributed by atoms with van der Waals surface area (Å²) in [6, 6.07) is 5.73. The minimum Gasteiger partial charge on any atom is -0.497 e. The zero-order valence-corrected chi connectivity index (χ0v) is 10.6. The monoisotopic (exact) mass is 249 g/mol. The Kier molecular flexibility index (Phi) is 4.04. The number of nitrogens with one attached hydrogen (secondary N) is 1. The molecule has 3 N–H and O–H groups in total. The fourth-order valence-corrected chi connectivity index (χ4v) is 2.12. The fraction of sp³-hybridized carbons (Fsp3) is 0.462. The molecule has 5 heteroatoms. The van der Waals surface area contributed by atoms with E-state index in [2.05, 4.69) is 10.2 Å². The lowest BCUT2D eigenvalue weighted by Gasteiger charge is -2.19. The maximum Gasteiger partial charge on any atom is 0.221 e. The van der Waals surface area contributed by atoms with E-state index in [0.29, 0.717) is 18.7 Å². The number of nitrogens with two attached hydrogens (primary N) is 1. The number of anilines is 1. The number of methoxy groups -OCH3 is 1. The van der Waals surface area contributed by atoms with Crippen molar-refractivity contribution >= 4 is 11.6 Å². The van der Waals surface area contributed by atoms with Crippen LogP contribution in [0.15, 0.2) is 18.2 Å². The quantitative estimate of drug-likeness (QED) is 0.770. The number of amides is 1. The summed E-state index contributed by atoms with van der Waals surface area (Å²) in [6.07, 6.45) is 0.555. The minimum atomic E-state index is 0.127. The summed E-state index contributed by atoms with van der Waals surface area (Å²) in [5.41, 5.74) is 7.64. The molecule has 5 nitrogen and oxygen atoms in total. The van der Waals surface area contributed by atoms with Crippen molar-refractivity contribution in [3.05, 3.63) is 23.8 Å². The maximum atomic E-state index is 11.3. The van der Waals surface area contributed by atoms with E-state index in [0.717, 1.165) is 30.9 Å². The van der Waals surface area contributed by atoms with E-state index in [-0.39, 0.29) is 5.91 Å². The standard InChI is InChI=1S/C13H19N3O2/c1-18-12-7-10(6-11(14)8-12)9-16-4-2-13(17)15-3-5-16/h6-8H,2-5,9,14H2,1H3,(H,15,17). The molecule has 0 unspecified atom stereocenters. The molecule has 1 aliphatic heterocycles. The van der Waals surface area contributed by atoms with Crippen LogP contribution >= 0.6 is 0 Å². The van der Waals surface area contributed by atoms with Crippen LogP contribution < -0.4 is 15.8 Å². The molecular weight excluding hydrogens is 230 g/mol. The van der Waals surface area contributed by atoms with Crippen LogP contribution in [0.3, 0.4) is 0 Å². The third kappa shape index (κ3) is 3.37. The fourth-order valence-electron chi connectivity index (χ4n) is 2.12. The first-order valence-electron chi connectivity index (χ1n) is 6.10. The van der Waals surface area contributed by atoms with E-state index in [4.69, 9.17) is 10.5 Å². The SMILES string of the molecule is COc1cc(N)cc(CN2CCNC(=O)CC2)c1. The summed E-state index contributed by atoms with van der Waals surface area (Å²) in [5.74, 6) is 0.900. The Morgan fingerprint density at radius 1 is 1.39 bits per heavy atom. The summed E-state index contributed by atoms with van der Waals surface area (Å²) in [4.78, 5) is 13.5. The van der Waals surface area contributed by atoms with E-state index < -0.39 is 0 Å². The number of carbonyl (C=O) groups is 1. The molecule has 1 fully saturated rings. The van der Waals surface area contributed by atoms with Gasteiger partial charge >= 0.3 is 0 Å². The van der Waals surface area contributed by atoms with Gasteiger partial charge in [0, 0.05) is 44.4 Å². The summed E-state index contributed by atoms with van der Waals surface area (Å²) in [6.45, 7) is 3.14. The molecular formula is C13H19N3O2. The minimum absolute atomic E-state index is 0.127. The van der Waals surface area contributed by atoms with E-state index in [1.807, 2.05) is 12.1 Å². The zero-order chi connectivity index (χ0) is 13.0. The predicted molar refractivity (Wildman–Crippen MR) is 70.3 cm³/mol. The third-order valence-corrected chi connectivity index (χ3v) is 3.04. The molecule has 1 aromatic rings. The highest BCUT2D eigenvalue weighted by Crippen LogP contribution is 2.19. The van der Waals surface area contributed by atoms with Gasteiger partial charge in [-0.15, -0.1) is 0 Å². The molecule has 0 spiro atoms. The normalized spacial score (nSPS) is 17.1. The van der Waals surface area contributed by atoms with Gasteiger partial charge in [-0.05, 0) is 17.7 Å². The number of nitrogen functional groups attached to an aromatic ring is 1. The summed E-state index contributed by atoms with van der Waals surface area (Å²) >= 11 is 0. The number of benzene rings is 1. The Labute approximate surface area is 107 Å². The topological polar surface area (TPSA) is 67.6 Å². The van der Waals surface area contributed by atoms with Crippen molar-refractivity contribution in [1.82, 2.24) is 10.2 Å². The second-order valence-electron chi connectivity index (χ2n) is 4.49. The molecule has 1 saturated heterocycles. The molecule has 1 heterocycles. The highest BCUT2D eigenvalue weighted by atomic mass is 16.5. The van der Waals surface area contributed by atoms with Crippen LogP contribution in [0.5, 0.6) is 5.75 Å². The van der Waals surface area contributed by atoms with Gasteiger partial charge in [0.1, 0.15) is 5.75 Å². The smallest absolute Gasteiger partial charge is 0.221 e. The van der Waals surface area contributed by atoms with Gasteiger partial charge in [0.15, 0.2) is 0 Å².